The Labute approximate surface area is 49.0 Å². The number of rotatable bonds is 3. The topological polar surface area (TPSA) is 32.7 Å². The van der Waals surface area contributed by atoms with E-state index in [0.29, 0.717) is 6.41 Å². The molecule has 0 aromatic heterocycles. The second-order valence-electron chi connectivity index (χ2n) is 1.72. The Morgan fingerprint density at radius 2 is 2.25 bits per heavy atom. The Hall–Kier alpha value is -0.860. The minimum Gasteiger partial charge on any atom is -0.277 e. The Balaban J connectivity index is 3.68. The molecule has 0 aliphatic carbocycles. The molecule has 0 heterocycles. The zero-order chi connectivity index (χ0) is 6.57. The molecule has 0 aromatic carbocycles. The molecule has 0 saturated heterocycles. The lowest BCUT2D eigenvalue weighted by atomic mass is 10.4. The number of hydrogen-bond acceptors (Lipinski definition) is 2. The molecule has 3 nitrogen and oxygen atoms in total. The van der Waals surface area contributed by atoms with Crippen LogP contribution in [0.2, 0.25) is 0 Å². The van der Waals surface area contributed by atoms with Gasteiger partial charge in [-0.05, 0) is 13.8 Å². The van der Waals surface area contributed by atoms with Crippen molar-refractivity contribution in [2.45, 2.75) is 19.9 Å². The second kappa shape index (κ2) is 3.18. The molecule has 0 bridgehead atoms. The molecule has 0 unspecified atom stereocenters. The van der Waals surface area contributed by atoms with Gasteiger partial charge in [0.05, 0.1) is 0 Å². The summed E-state index contributed by atoms with van der Waals surface area (Å²) in [5.74, 6) is 0. The van der Waals surface area contributed by atoms with Crippen molar-refractivity contribution in [3.63, 3.8) is 0 Å². The SMILES string of the molecule is C=NN(C=O)C(C)C. The van der Waals surface area contributed by atoms with Gasteiger partial charge in [-0.3, -0.25) is 4.79 Å². The van der Waals surface area contributed by atoms with Gasteiger partial charge in [-0.15, -0.1) is 0 Å². The molecule has 1 amide bonds. The standard InChI is InChI=1S/C5H10N2O/c1-5(2)7(4-8)6-3/h4-5H,3H2,1-2H3. The smallest absolute Gasteiger partial charge is 0.230 e. The summed E-state index contributed by atoms with van der Waals surface area (Å²) < 4.78 is 0. The molecule has 46 valence electrons. The summed E-state index contributed by atoms with van der Waals surface area (Å²) >= 11 is 0. The molecule has 0 aliphatic rings. The Morgan fingerprint density at radius 1 is 1.75 bits per heavy atom. The fourth-order valence-corrected chi connectivity index (χ4v) is 0.318. The normalized spacial score (nSPS) is 8.88. The summed E-state index contributed by atoms with van der Waals surface area (Å²) in [6.45, 7) is 6.93. The maximum absolute atomic E-state index is 9.97. The minimum absolute atomic E-state index is 0.116. The zero-order valence-electron chi connectivity index (χ0n) is 5.16. The van der Waals surface area contributed by atoms with Crippen LogP contribution in [0.15, 0.2) is 5.10 Å². The fourth-order valence-electron chi connectivity index (χ4n) is 0.318. The van der Waals surface area contributed by atoms with E-state index in [1.165, 1.54) is 5.01 Å². The van der Waals surface area contributed by atoms with E-state index in [4.69, 9.17) is 0 Å². The van der Waals surface area contributed by atoms with E-state index in [9.17, 15) is 4.79 Å². The molecule has 0 aromatic rings. The van der Waals surface area contributed by atoms with Crippen LogP contribution in [0.25, 0.3) is 0 Å². The zero-order valence-corrected chi connectivity index (χ0v) is 5.16. The van der Waals surface area contributed by atoms with E-state index in [2.05, 4.69) is 11.8 Å². The Kier molecular flexibility index (Phi) is 2.84. The molecule has 3 heteroatoms. The van der Waals surface area contributed by atoms with Crippen LogP contribution in [-0.4, -0.2) is 24.2 Å². The maximum Gasteiger partial charge on any atom is 0.230 e. The van der Waals surface area contributed by atoms with Gasteiger partial charge in [0.25, 0.3) is 0 Å². The molecular weight excluding hydrogens is 104 g/mol. The Bertz CT molecular complexity index is 82.4. The van der Waals surface area contributed by atoms with Crippen LogP contribution in [0.5, 0.6) is 0 Å². The summed E-state index contributed by atoms with van der Waals surface area (Å²) in [6.07, 6.45) is 0.650. The predicted molar refractivity (Wildman–Crippen MR) is 32.6 cm³/mol. The first-order valence-corrected chi connectivity index (χ1v) is 2.42. The van der Waals surface area contributed by atoms with E-state index in [-0.39, 0.29) is 6.04 Å². The summed E-state index contributed by atoms with van der Waals surface area (Å²) in [7, 11) is 0. The van der Waals surface area contributed by atoms with Crippen LogP contribution >= 0.6 is 0 Å². The number of amides is 1. The van der Waals surface area contributed by atoms with E-state index >= 15 is 0 Å². The molecule has 0 aliphatic heterocycles. The highest BCUT2D eigenvalue weighted by Crippen LogP contribution is 1.91. The highest BCUT2D eigenvalue weighted by atomic mass is 16.1. The van der Waals surface area contributed by atoms with Gasteiger partial charge in [0.1, 0.15) is 0 Å². The summed E-state index contributed by atoms with van der Waals surface area (Å²) in [6, 6.07) is 0.116. The van der Waals surface area contributed by atoms with Gasteiger partial charge < -0.3 is 0 Å². The van der Waals surface area contributed by atoms with Crippen molar-refractivity contribution >= 4 is 13.1 Å². The van der Waals surface area contributed by atoms with Gasteiger partial charge in [0.15, 0.2) is 0 Å². The van der Waals surface area contributed by atoms with E-state index in [1.807, 2.05) is 13.8 Å². The number of hydrogen-bond donors (Lipinski definition) is 0. The van der Waals surface area contributed by atoms with Crippen molar-refractivity contribution in [2.75, 3.05) is 0 Å². The van der Waals surface area contributed by atoms with Crippen molar-refractivity contribution in [1.82, 2.24) is 5.01 Å². The first kappa shape index (κ1) is 7.14. The van der Waals surface area contributed by atoms with Gasteiger partial charge in [-0.2, -0.15) is 5.10 Å². The van der Waals surface area contributed by atoms with Gasteiger partial charge >= 0.3 is 0 Å². The number of carbonyl (C=O) groups excluding carboxylic acids is 1. The lowest BCUT2D eigenvalue weighted by Crippen LogP contribution is -2.22. The van der Waals surface area contributed by atoms with Crippen LogP contribution in [0, 0.1) is 0 Å². The Morgan fingerprint density at radius 3 is 2.25 bits per heavy atom. The average molecular weight is 114 g/mol. The van der Waals surface area contributed by atoms with Gasteiger partial charge in [0.2, 0.25) is 6.41 Å². The maximum atomic E-state index is 9.97. The predicted octanol–water partition coefficient (Wildman–Crippen LogP) is 0.469. The minimum atomic E-state index is 0.116. The van der Waals surface area contributed by atoms with Crippen molar-refractivity contribution in [2.24, 2.45) is 5.10 Å². The van der Waals surface area contributed by atoms with Crippen molar-refractivity contribution in [1.29, 1.82) is 0 Å². The van der Waals surface area contributed by atoms with Crippen molar-refractivity contribution in [3.8, 4) is 0 Å². The largest absolute Gasteiger partial charge is 0.277 e. The number of carbonyl (C=O) groups is 1. The van der Waals surface area contributed by atoms with Crippen LogP contribution < -0.4 is 0 Å². The van der Waals surface area contributed by atoms with Gasteiger partial charge in [-0.1, -0.05) is 0 Å². The third-order valence-electron chi connectivity index (χ3n) is 0.800. The van der Waals surface area contributed by atoms with Gasteiger partial charge in [0, 0.05) is 12.8 Å². The molecule has 0 saturated carbocycles. The summed E-state index contributed by atoms with van der Waals surface area (Å²) in [4.78, 5) is 9.97. The molecule has 8 heavy (non-hydrogen) atoms. The molecule has 0 rings (SSSR count). The number of hydrazone groups is 1. The first-order valence-electron chi connectivity index (χ1n) is 2.42. The fraction of sp³-hybridized carbons (Fsp3) is 0.600. The van der Waals surface area contributed by atoms with Crippen LogP contribution in [0.1, 0.15) is 13.8 Å². The third kappa shape index (κ3) is 1.73. The summed E-state index contributed by atoms with van der Waals surface area (Å²) in [5, 5.41) is 4.67. The molecule has 0 N–H and O–H groups in total. The summed E-state index contributed by atoms with van der Waals surface area (Å²) in [5.41, 5.74) is 0. The molecule has 0 fully saturated rings. The quantitative estimate of drug-likeness (QED) is 0.298. The van der Waals surface area contributed by atoms with E-state index in [0.717, 1.165) is 0 Å². The number of nitrogens with zero attached hydrogens (tertiary/aromatic N) is 2. The average Bonchev–Trinajstić information content (AvgIpc) is 1.69. The molecule has 0 radical (unpaired) electrons. The van der Waals surface area contributed by atoms with Crippen molar-refractivity contribution < 1.29 is 4.79 Å². The lowest BCUT2D eigenvalue weighted by molar-refractivity contribution is -0.119. The molecule has 0 spiro atoms. The highest BCUT2D eigenvalue weighted by Gasteiger charge is 1.99. The van der Waals surface area contributed by atoms with Crippen molar-refractivity contribution in [3.05, 3.63) is 0 Å². The lowest BCUT2D eigenvalue weighted by Gasteiger charge is -2.12. The monoisotopic (exact) mass is 114 g/mol. The third-order valence-corrected chi connectivity index (χ3v) is 0.800. The molecular formula is C5H10N2O. The highest BCUT2D eigenvalue weighted by molar-refractivity contribution is 5.48. The van der Waals surface area contributed by atoms with E-state index in [1.54, 1.807) is 0 Å². The van der Waals surface area contributed by atoms with Crippen LogP contribution in [-0.2, 0) is 4.79 Å². The van der Waals surface area contributed by atoms with Crippen LogP contribution in [0.4, 0.5) is 0 Å². The second-order valence-corrected chi connectivity index (χ2v) is 1.72. The molecule has 0 atom stereocenters. The van der Waals surface area contributed by atoms with Gasteiger partial charge in [-0.25, -0.2) is 5.01 Å². The van der Waals surface area contributed by atoms with E-state index < -0.39 is 0 Å². The first-order chi connectivity index (χ1) is 3.72. The van der Waals surface area contributed by atoms with Crippen LogP contribution in [0.3, 0.4) is 0 Å².